The van der Waals surface area contributed by atoms with Gasteiger partial charge in [-0.25, -0.2) is 4.79 Å². The highest BCUT2D eigenvalue weighted by Gasteiger charge is 2.32. The molecular weight excluding hydrogens is 186 g/mol. The third-order valence-corrected chi connectivity index (χ3v) is 1.78. The summed E-state index contributed by atoms with van der Waals surface area (Å²) < 4.78 is 0. The highest BCUT2D eigenvalue weighted by Crippen LogP contribution is 2.24. The number of Topliss-reactive ketones (excluding diaryl/α,β-unsaturated/α-hetero) is 1. The smallest absolute Gasteiger partial charge is 0.338 e. The first-order valence-corrected chi connectivity index (χ1v) is 3.83. The van der Waals surface area contributed by atoms with Crippen LogP contribution in [0.3, 0.4) is 0 Å². The van der Waals surface area contributed by atoms with Crippen molar-refractivity contribution in [3.63, 3.8) is 0 Å². The van der Waals surface area contributed by atoms with Crippen LogP contribution in [0.4, 0.5) is 5.69 Å². The van der Waals surface area contributed by atoms with Gasteiger partial charge in [-0.2, -0.15) is 10.2 Å². The SMILES string of the molecule is O=C(O)C1N=Nc2cccnc2C1=O. The van der Waals surface area contributed by atoms with Crippen LogP contribution in [0.5, 0.6) is 0 Å². The number of aliphatic carboxylic acids is 1. The Kier molecular flexibility index (Phi) is 1.81. The fraction of sp³-hybridized carbons (Fsp3) is 0.125. The molecular formula is C8H5N3O3. The lowest BCUT2D eigenvalue weighted by Gasteiger charge is -2.10. The molecule has 0 saturated heterocycles. The van der Waals surface area contributed by atoms with E-state index in [1.165, 1.54) is 6.20 Å². The first kappa shape index (κ1) is 8.49. The predicted molar refractivity (Wildman–Crippen MR) is 44.5 cm³/mol. The third-order valence-electron chi connectivity index (χ3n) is 1.78. The van der Waals surface area contributed by atoms with E-state index >= 15 is 0 Å². The van der Waals surface area contributed by atoms with Crippen molar-refractivity contribution in [1.29, 1.82) is 0 Å². The number of azo groups is 1. The van der Waals surface area contributed by atoms with E-state index in [-0.39, 0.29) is 5.69 Å². The standard InChI is InChI=1S/C8H5N3O3/c12-7-5-4(2-1-3-9-5)10-11-6(7)8(13)14/h1-3,6H,(H,13,14). The lowest BCUT2D eigenvalue weighted by atomic mass is 10.1. The topological polar surface area (TPSA) is 92.0 Å². The Bertz CT molecular complexity index is 441. The Balaban J connectivity index is 2.50. The minimum atomic E-state index is -1.45. The van der Waals surface area contributed by atoms with Crippen LogP contribution < -0.4 is 0 Å². The molecule has 1 aromatic rings. The quantitative estimate of drug-likeness (QED) is 0.665. The molecule has 2 rings (SSSR count). The zero-order chi connectivity index (χ0) is 10.1. The molecule has 0 bridgehead atoms. The van der Waals surface area contributed by atoms with E-state index in [0.717, 1.165) is 0 Å². The minimum absolute atomic E-state index is 0.0647. The first-order valence-electron chi connectivity index (χ1n) is 3.83. The summed E-state index contributed by atoms with van der Waals surface area (Å²) in [4.78, 5) is 25.8. The Morgan fingerprint density at radius 3 is 3.00 bits per heavy atom. The molecule has 0 radical (unpaired) electrons. The highest BCUT2D eigenvalue weighted by molar-refractivity contribution is 6.13. The zero-order valence-electron chi connectivity index (χ0n) is 6.91. The number of nitrogens with zero attached hydrogens (tertiary/aromatic N) is 3. The Hall–Kier alpha value is -2.11. The van der Waals surface area contributed by atoms with Crippen LogP contribution in [0.1, 0.15) is 10.5 Å². The molecule has 1 atom stereocenters. The third kappa shape index (κ3) is 1.17. The number of fused-ring (bicyclic) bond motifs is 1. The number of carboxylic acids is 1. The number of hydrogen-bond acceptors (Lipinski definition) is 5. The molecule has 1 aliphatic rings. The molecule has 6 nitrogen and oxygen atoms in total. The number of carbonyl (C=O) groups excluding carboxylic acids is 1. The lowest BCUT2D eigenvalue weighted by molar-refractivity contribution is -0.137. The van der Waals surface area contributed by atoms with Crippen LogP contribution in [0.15, 0.2) is 28.6 Å². The molecule has 70 valence electrons. The number of carbonyl (C=O) groups is 2. The molecule has 1 N–H and O–H groups in total. The Labute approximate surface area is 78.3 Å². The number of pyridine rings is 1. The number of hydrogen-bond donors (Lipinski definition) is 1. The van der Waals surface area contributed by atoms with E-state index in [0.29, 0.717) is 5.69 Å². The molecule has 0 aliphatic carbocycles. The average molecular weight is 191 g/mol. The normalized spacial score (nSPS) is 19.1. The molecule has 2 heterocycles. The van der Waals surface area contributed by atoms with Gasteiger partial charge in [-0.05, 0) is 12.1 Å². The average Bonchev–Trinajstić information content (AvgIpc) is 2.18. The largest absolute Gasteiger partial charge is 0.479 e. The van der Waals surface area contributed by atoms with E-state index in [1.807, 2.05) is 0 Å². The van der Waals surface area contributed by atoms with Gasteiger partial charge in [-0.3, -0.25) is 9.78 Å². The maximum absolute atomic E-state index is 11.5. The zero-order valence-corrected chi connectivity index (χ0v) is 6.91. The van der Waals surface area contributed by atoms with Crippen LogP contribution in [-0.4, -0.2) is 27.9 Å². The van der Waals surface area contributed by atoms with Crippen molar-refractivity contribution in [2.45, 2.75) is 6.04 Å². The summed E-state index contributed by atoms with van der Waals surface area (Å²) in [6, 6.07) is 1.71. The summed E-state index contributed by atoms with van der Waals surface area (Å²) >= 11 is 0. The molecule has 6 heteroatoms. The summed E-state index contributed by atoms with van der Waals surface area (Å²) in [5.74, 6) is -1.93. The second kappa shape index (κ2) is 2.99. The van der Waals surface area contributed by atoms with Crippen LogP contribution in [0.25, 0.3) is 0 Å². The molecule has 1 unspecified atom stereocenters. The summed E-state index contributed by atoms with van der Waals surface area (Å²) in [6.45, 7) is 0. The maximum Gasteiger partial charge on any atom is 0.338 e. The van der Waals surface area contributed by atoms with Crippen LogP contribution >= 0.6 is 0 Å². The van der Waals surface area contributed by atoms with E-state index < -0.39 is 17.8 Å². The summed E-state index contributed by atoms with van der Waals surface area (Å²) in [7, 11) is 0. The molecule has 1 aromatic heterocycles. The van der Waals surface area contributed by atoms with E-state index in [4.69, 9.17) is 5.11 Å². The number of ketones is 1. The van der Waals surface area contributed by atoms with E-state index in [9.17, 15) is 9.59 Å². The van der Waals surface area contributed by atoms with Crippen molar-refractivity contribution in [1.82, 2.24) is 4.98 Å². The summed E-state index contributed by atoms with van der Waals surface area (Å²) in [6.07, 6.45) is 1.41. The monoisotopic (exact) mass is 191 g/mol. The van der Waals surface area contributed by atoms with E-state index in [2.05, 4.69) is 15.2 Å². The number of rotatable bonds is 1. The van der Waals surface area contributed by atoms with Crippen molar-refractivity contribution in [3.8, 4) is 0 Å². The van der Waals surface area contributed by atoms with Gasteiger partial charge in [0.25, 0.3) is 0 Å². The van der Waals surface area contributed by atoms with Gasteiger partial charge in [0, 0.05) is 6.20 Å². The van der Waals surface area contributed by atoms with Crippen molar-refractivity contribution in [2.24, 2.45) is 10.2 Å². The molecule has 0 aromatic carbocycles. The van der Waals surface area contributed by atoms with Crippen LogP contribution in [-0.2, 0) is 4.79 Å². The molecule has 0 fully saturated rings. The highest BCUT2D eigenvalue weighted by atomic mass is 16.4. The second-order valence-electron chi connectivity index (χ2n) is 2.69. The minimum Gasteiger partial charge on any atom is -0.479 e. The fourth-order valence-electron chi connectivity index (χ4n) is 1.13. The van der Waals surface area contributed by atoms with Crippen molar-refractivity contribution < 1.29 is 14.7 Å². The van der Waals surface area contributed by atoms with Gasteiger partial charge >= 0.3 is 5.97 Å². The molecule has 1 aliphatic heterocycles. The van der Waals surface area contributed by atoms with Crippen LogP contribution in [0, 0.1) is 0 Å². The van der Waals surface area contributed by atoms with Crippen molar-refractivity contribution >= 4 is 17.4 Å². The first-order chi connectivity index (χ1) is 6.70. The van der Waals surface area contributed by atoms with Gasteiger partial charge in [0.2, 0.25) is 11.8 Å². The van der Waals surface area contributed by atoms with Gasteiger partial charge < -0.3 is 5.11 Å². The lowest BCUT2D eigenvalue weighted by Crippen LogP contribution is -2.30. The Morgan fingerprint density at radius 2 is 2.29 bits per heavy atom. The van der Waals surface area contributed by atoms with Crippen LogP contribution in [0.2, 0.25) is 0 Å². The maximum atomic E-state index is 11.5. The van der Waals surface area contributed by atoms with Gasteiger partial charge in [-0.15, -0.1) is 0 Å². The predicted octanol–water partition coefficient (Wildman–Crippen LogP) is 0.815. The molecule has 14 heavy (non-hydrogen) atoms. The molecule has 0 amide bonds. The number of carboxylic acid groups (broad SMARTS) is 1. The summed E-state index contributed by atoms with van der Waals surface area (Å²) in [5.41, 5.74) is 0.380. The van der Waals surface area contributed by atoms with Crippen molar-refractivity contribution in [2.75, 3.05) is 0 Å². The molecule has 0 saturated carbocycles. The Morgan fingerprint density at radius 1 is 1.50 bits per heavy atom. The van der Waals surface area contributed by atoms with E-state index in [1.54, 1.807) is 12.1 Å². The second-order valence-corrected chi connectivity index (χ2v) is 2.69. The molecule has 0 spiro atoms. The van der Waals surface area contributed by atoms with Gasteiger partial charge in [0.1, 0.15) is 11.4 Å². The van der Waals surface area contributed by atoms with Crippen molar-refractivity contribution in [3.05, 3.63) is 24.0 Å². The summed E-state index contributed by atoms with van der Waals surface area (Å²) in [5, 5.41) is 15.6. The fourth-order valence-corrected chi connectivity index (χ4v) is 1.13. The number of aromatic nitrogens is 1. The van der Waals surface area contributed by atoms with Gasteiger partial charge in [0.15, 0.2) is 0 Å². The van der Waals surface area contributed by atoms with Gasteiger partial charge in [0.05, 0.1) is 0 Å². The van der Waals surface area contributed by atoms with Gasteiger partial charge in [-0.1, -0.05) is 0 Å².